The normalized spacial score (nSPS) is 18.8. The van der Waals surface area contributed by atoms with Crippen LogP contribution in [-0.4, -0.2) is 124 Å². The van der Waals surface area contributed by atoms with Gasteiger partial charge in [-0.05, 0) is 31.2 Å². The van der Waals surface area contributed by atoms with Gasteiger partial charge in [0.2, 0.25) is 5.91 Å². The Kier molecular flexibility index (Phi) is 11.5. The molecule has 0 saturated carbocycles. The second-order valence-electron chi connectivity index (χ2n) is 14.0. The van der Waals surface area contributed by atoms with E-state index in [1.165, 1.54) is 54.3 Å². The van der Waals surface area contributed by atoms with Crippen LogP contribution in [0.5, 0.6) is 0 Å². The van der Waals surface area contributed by atoms with E-state index in [-0.39, 0.29) is 80.8 Å². The third-order valence-electron chi connectivity index (χ3n) is 10.4. The molecule has 0 aliphatic carbocycles. The number of anilines is 1. The van der Waals surface area contributed by atoms with E-state index in [9.17, 15) is 23.2 Å². The van der Waals surface area contributed by atoms with Crippen LogP contribution in [0.2, 0.25) is 5.02 Å². The molecule has 4 heterocycles. The molecule has 0 radical (unpaired) electrons. The molecule has 3 amide bonds. The fourth-order valence-electron chi connectivity index (χ4n) is 7.33. The average molecular weight is 774 g/mol. The number of carbonyl (C=O) groups excluding carboxylic acids is 3. The zero-order valence-corrected chi connectivity index (χ0v) is 31.2. The maximum atomic E-state index is 15.5. The van der Waals surface area contributed by atoms with E-state index in [0.29, 0.717) is 57.0 Å². The van der Waals surface area contributed by atoms with Crippen molar-refractivity contribution < 1.29 is 41.2 Å². The molecule has 4 aromatic rings. The first-order chi connectivity index (χ1) is 25.7. The van der Waals surface area contributed by atoms with Gasteiger partial charge in [0, 0.05) is 74.8 Å². The number of nitrogens with zero attached hydrogens (tertiary/aromatic N) is 7. The lowest BCUT2D eigenvalue weighted by atomic mass is 10.0. The molecule has 2 atom stereocenters. The molecule has 0 bridgehead atoms. The molecule has 2 aliphatic rings. The summed E-state index contributed by atoms with van der Waals surface area (Å²) >= 11 is 6.51. The number of hydrogen-bond donors (Lipinski definition) is 1. The Balaban J connectivity index is 1.07. The monoisotopic (exact) mass is 773 g/mol. The third-order valence-corrected chi connectivity index (χ3v) is 10.7. The predicted octanol–water partition coefficient (Wildman–Crippen LogP) is 5.11. The highest BCUT2D eigenvalue weighted by molar-refractivity contribution is 6.34. The molecule has 1 N–H and O–H groups in total. The number of piperazine rings is 1. The SMILES string of the molecule is COCCn1ncc(-c2ccc(-c3cnc(C(=O)Nc4ccc(C(=O)N5CCN(C(=O)C6CC[N+](C)(CC(F)F)C6)CC5)c(Cl)c4)n3C)c(F)c2F)c1C. The van der Waals surface area contributed by atoms with Crippen LogP contribution in [0, 0.1) is 24.5 Å². The number of methoxy groups -OCH3 is 1. The van der Waals surface area contributed by atoms with E-state index in [4.69, 9.17) is 16.3 Å². The van der Waals surface area contributed by atoms with Gasteiger partial charge in [-0.2, -0.15) is 5.10 Å². The molecule has 54 heavy (non-hydrogen) atoms. The number of nitrogens with one attached hydrogen (secondary N) is 1. The predicted molar refractivity (Wildman–Crippen MR) is 193 cm³/mol. The van der Waals surface area contributed by atoms with E-state index >= 15 is 8.78 Å². The van der Waals surface area contributed by atoms with Crippen molar-refractivity contribution in [2.24, 2.45) is 13.0 Å². The fourth-order valence-corrected chi connectivity index (χ4v) is 7.60. The first kappa shape index (κ1) is 38.9. The van der Waals surface area contributed by atoms with Crippen LogP contribution in [0.4, 0.5) is 23.2 Å². The van der Waals surface area contributed by atoms with Crippen LogP contribution in [0.15, 0.2) is 42.7 Å². The van der Waals surface area contributed by atoms with Crippen molar-refractivity contribution in [3.63, 3.8) is 0 Å². The first-order valence-corrected chi connectivity index (χ1v) is 17.9. The molecular weight excluding hydrogens is 732 g/mol. The van der Waals surface area contributed by atoms with Crippen LogP contribution < -0.4 is 5.32 Å². The Hall–Kier alpha value is -4.80. The zero-order valence-electron chi connectivity index (χ0n) is 30.4. The van der Waals surface area contributed by atoms with E-state index in [0.717, 1.165) is 0 Å². The molecule has 2 aromatic heterocycles. The Morgan fingerprint density at radius 1 is 1.02 bits per heavy atom. The van der Waals surface area contributed by atoms with Crippen LogP contribution in [0.1, 0.15) is 33.1 Å². The minimum absolute atomic E-state index is 0.0476. The lowest BCUT2D eigenvalue weighted by Gasteiger charge is -2.36. The number of aromatic nitrogens is 4. The van der Waals surface area contributed by atoms with Crippen LogP contribution in [0.25, 0.3) is 22.4 Å². The number of rotatable bonds is 11. The summed E-state index contributed by atoms with van der Waals surface area (Å²) in [5, 5.41) is 7.03. The van der Waals surface area contributed by atoms with Crippen LogP contribution in [0.3, 0.4) is 0 Å². The molecule has 17 heteroatoms. The van der Waals surface area contributed by atoms with E-state index in [1.54, 1.807) is 35.6 Å². The molecule has 2 aliphatic heterocycles. The molecule has 2 aromatic carbocycles. The van der Waals surface area contributed by atoms with Crippen molar-refractivity contribution in [1.29, 1.82) is 0 Å². The minimum Gasteiger partial charge on any atom is -0.383 e. The summed E-state index contributed by atoms with van der Waals surface area (Å²) in [5.74, 6) is -3.62. The topological polar surface area (TPSA) is 115 Å². The van der Waals surface area contributed by atoms with Crippen molar-refractivity contribution in [1.82, 2.24) is 29.1 Å². The summed E-state index contributed by atoms with van der Waals surface area (Å²) in [7, 11) is 4.82. The van der Waals surface area contributed by atoms with Gasteiger partial charge in [0.1, 0.15) is 6.54 Å². The van der Waals surface area contributed by atoms with Crippen molar-refractivity contribution in [3.05, 3.63) is 76.5 Å². The Morgan fingerprint density at radius 3 is 2.39 bits per heavy atom. The first-order valence-electron chi connectivity index (χ1n) is 17.5. The van der Waals surface area contributed by atoms with Gasteiger partial charge in [0.25, 0.3) is 18.2 Å². The Labute approximate surface area is 314 Å². The molecule has 0 spiro atoms. The summed E-state index contributed by atoms with van der Waals surface area (Å²) < 4.78 is 65.3. The van der Waals surface area contributed by atoms with Crippen molar-refractivity contribution in [3.8, 4) is 22.4 Å². The molecule has 2 saturated heterocycles. The molecule has 2 fully saturated rings. The number of imidazole rings is 1. The van der Waals surface area contributed by atoms with Gasteiger partial charge in [0.15, 0.2) is 17.5 Å². The third kappa shape index (κ3) is 7.86. The number of carbonyl (C=O) groups is 3. The smallest absolute Gasteiger partial charge is 0.291 e. The number of hydrogen-bond acceptors (Lipinski definition) is 6. The van der Waals surface area contributed by atoms with Gasteiger partial charge in [0.05, 0.1) is 67.9 Å². The van der Waals surface area contributed by atoms with E-state index in [1.807, 2.05) is 0 Å². The van der Waals surface area contributed by atoms with Gasteiger partial charge in [-0.15, -0.1) is 0 Å². The number of quaternary nitrogens is 1. The number of amides is 3. The van der Waals surface area contributed by atoms with Crippen molar-refractivity contribution in [2.75, 3.05) is 71.9 Å². The van der Waals surface area contributed by atoms with Crippen molar-refractivity contribution >= 4 is 35.0 Å². The Bertz CT molecular complexity index is 2060. The second kappa shape index (κ2) is 15.9. The summed E-state index contributed by atoms with van der Waals surface area (Å²) in [6.07, 6.45) is 0.878. The standard InChI is InChI=1S/C37H41ClF4N8O4/c1-22-28(18-44-49(22)14-16-54-4)25-7-8-27(33(42)32(25)41)30-19-43-34(46(30)2)35(51)45-24-5-6-26(29(38)17-24)37(53)48-12-10-47(11-13-48)36(52)23-9-15-50(3,20-23)21-31(39)40/h5-8,17-19,23,31H,9-16,20-21H2,1-4H3/p+1. The average Bonchev–Trinajstić information content (AvgIpc) is 3.83. The zero-order chi connectivity index (χ0) is 38.9. The van der Waals surface area contributed by atoms with Crippen LogP contribution in [-0.2, 0) is 23.1 Å². The lowest BCUT2D eigenvalue weighted by Crippen LogP contribution is -2.53. The van der Waals surface area contributed by atoms with E-state index < -0.39 is 24.0 Å². The highest BCUT2D eigenvalue weighted by Crippen LogP contribution is 2.33. The minimum atomic E-state index is -2.43. The lowest BCUT2D eigenvalue weighted by molar-refractivity contribution is -0.902. The van der Waals surface area contributed by atoms with Gasteiger partial charge < -0.3 is 28.9 Å². The number of halogens is 5. The maximum Gasteiger partial charge on any atom is 0.291 e. The fraction of sp³-hybridized carbons (Fsp3) is 0.432. The van der Waals surface area contributed by atoms with E-state index in [2.05, 4.69) is 15.4 Å². The molecule has 6 rings (SSSR count). The van der Waals surface area contributed by atoms with Gasteiger partial charge >= 0.3 is 0 Å². The summed E-state index contributed by atoms with van der Waals surface area (Å²) in [6, 6.07) is 7.32. The number of likely N-dealkylation sites (tertiary alicyclic amines) is 1. The van der Waals surface area contributed by atoms with Crippen LogP contribution >= 0.6 is 11.6 Å². The Morgan fingerprint density at radius 2 is 1.70 bits per heavy atom. The summed E-state index contributed by atoms with van der Waals surface area (Å²) in [5.41, 5.74) is 1.72. The summed E-state index contributed by atoms with van der Waals surface area (Å²) in [4.78, 5) is 47.2. The molecule has 288 valence electrons. The highest BCUT2D eigenvalue weighted by Gasteiger charge is 2.42. The molecule has 12 nitrogen and oxygen atoms in total. The summed E-state index contributed by atoms with van der Waals surface area (Å²) in [6.45, 7) is 4.45. The quantitative estimate of drug-likeness (QED) is 0.168. The number of ether oxygens (including phenoxy) is 1. The molecule has 2 unspecified atom stereocenters. The maximum absolute atomic E-state index is 15.5. The van der Waals surface area contributed by atoms with Crippen molar-refractivity contribution in [2.45, 2.75) is 26.3 Å². The van der Waals surface area contributed by atoms with Gasteiger partial charge in [-0.25, -0.2) is 22.5 Å². The van der Waals surface area contributed by atoms with Gasteiger partial charge in [-0.1, -0.05) is 17.7 Å². The number of alkyl halides is 2. The highest BCUT2D eigenvalue weighted by atomic mass is 35.5. The molecular formula is C37H42ClF4N8O4+. The number of benzene rings is 2. The van der Waals surface area contributed by atoms with Gasteiger partial charge in [-0.3, -0.25) is 19.1 Å². The largest absolute Gasteiger partial charge is 0.383 e. The second-order valence-corrected chi connectivity index (χ2v) is 14.4.